The molecule has 0 bridgehead atoms. The molecule has 10 nitrogen and oxygen atoms in total. The second kappa shape index (κ2) is 17.3. The van der Waals surface area contributed by atoms with Gasteiger partial charge in [-0.1, -0.05) is 26.7 Å². The zero-order valence-electron chi connectivity index (χ0n) is 28.3. The zero-order valence-corrected chi connectivity index (χ0v) is 28.3. The van der Waals surface area contributed by atoms with Crippen molar-refractivity contribution in [2.75, 3.05) is 21.3 Å². The highest BCUT2D eigenvalue weighted by atomic mass is 16.2. The molecule has 0 saturated heterocycles. The van der Waals surface area contributed by atoms with Crippen molar-refractivity contribution >= 4 is 46.4 Å². The predicted octanol–water partition coefficient (Wildman–Crippen LogP) is 6.87. The lowest BCUT2D eigenvalue weighted by atomic mass is 10.1. The van der Waals surface area contributed by atoms with Gasteiger partial charge in [-0.05, 0) is 84.9 Å². The van der Waals surface area contributed by atoms with E-state index in [0.29, 0.717) is 45.0 Å². The van der Waals surface area contributed by atoms with Crippen LogP contribution >= 0.6 is 0 Å². The van der Waals surface area contributed by atoms with Crippen LogP contribution in [-0.2, 0) is 13.1 Å². The molecule has 0 unspecified atom stereocenters. The molecule has 0 aliphatic heterocycles. The van der Waals surface area contributed by atoms with Crippen molar-refractivity contribution in [2.45, 2.75) is 52.6 Å². The minimum Gasteiger partial charge on any atom is -0.322 e. The summed E-state index contributed by atoms with van der Waals surface area (Å²) in [7, 11) is 0. The normalized spacial score (nSPS) is 10.6. The van der Waals surface area contributed by atoms with Crippen LogP contribution in [0.4, 0.5) is 22.7 Å². The molecule has 0 spiro atoms. The highest BCUT2D eigenvalue weighted by molar-refractivity contribution is 6.08. The summed E-state index contributed by atoms with van der Waals surface area (Å²) < 4.78 is 4.10. The molecule has 2 aromatic heterocycles. The smallest absolute Gasteiger partial charge is 0.255 e. The van der Waals surface area contributed by atoms with Crippen LogP contribution in [0.5, 0.6) is 0 Å². The lowest BCUT2D eigenvalue weighted by Gasteiger charge is -2.09. The summed E-state index contributed by atoms with van der Waals surface area (Å²) in [6.45, 7) is 6.04. The van der Waals surface area contributed by atoms with Crippen LogP contribution in [0, 0.1) is 0 Å². The first-order valence-electron chi connectivity index (χ1n) is 16.8. The number of hydrogen-bond donors (Lipinski definition) is 4. The van der Waals surface area contributed by atoms with E-state index in [1.807, 2.05) is 58.2 Å². The molecule has 3 aromatic carbocycles. The molecule has 0 saturated carbocycles. The van der Waals surface area contributed by atoms with Gasteiger partial charge in [0.25, 0.3) is 23.6 Å². The largest absolute Gasteiger partial charge is 0.322 e. The Morgan fingerprint density at radius 3 is 1.06 bits per heavy atom. The minimum absolute atomic E-state index is 0.245. The summed E-state index contributed by atoms with van der Waals surface area (Å²) in [5.74, 6) is -1.19. The number of anilines is 4. The van der Waals surface area contributed by atoms with Gasteiger partial charge in [0.05, 0.1) is 0 Å². The maximum atomic E-state index is 12.9. The number of pyridine rings is 2. The van der Waals surface area contributed by atoms with Crippen LogP contribution in [0.3, 0.4) is 0 Å². The molecule has 50 heavy (non-hydrogen) atoms. The van der Waals surface area contributed by atoms with Gasteiger partial charge in [-0.15, -0.1) is 0 Å². The fourth-order valence-electron chi connectivity index (χ4n) is 5.15. The number of benzene rings is 3. The van der Waals surface area contributed by atoms with Crippen molar-refractivity contribution in [3.8, 4) is 0 Å². The molecule has 10 heteroatoms. The maximum Gasteiger partial charge on any atom is 0.255 e. The SMILES string of the molecule is CCCC[n+]1cccc(NC(=O)c2ccc(NC(=O)c3ccc(C(=O)Nc4ccc(C(=O)Nc5ccc[n+](CCCC)c5)cc4)cc3)cc2)c1. The lowest BCUT2D eigenvalue weighted by Crippen LogP contribution is -2.33. The van der Waals surface area contributed by atoms with Gasteiger partial charge in [0.1, 0.15) is 24.5 Å². The molecule has 0 atom stereocenters. The predicted molar refractivity (Wildman–Crippen MR) is 194 cm³/mol. The van der Waals surface area contributed by atoms with E-state index < -0.39 is 0 Å². The second-order valence-electron chi connectivity index (χ2n) is 11.9. The Morgan fingerprint density at radius 1 is 0.440 bits per heavy atom. The van der Waals surface area contributed by atoms with Gasteiger partial charge in [0.2, 0.25) is 0 Å². The highest BCUT2D eigenvalue weighted by Gasteiger charge is 2.14. The van der Waals surface area contributed by atoms with Crippen molar-refractivity contribution in [2.24, 2.45) is 0 Å². The monoisotopic (exact) mass is 670 g/mol. The van der Waals surface area contributed by atoms with Crippen LogP contribution in [-0.4, -0.2) is 23.6 Å². The van der Waals surface area contributed by atoms with Crippen LogP contribution in [0.2, 0.25) is 0 Å². The van der Waals surface area contributed by atoms with E-state index in [1.165, 1.54) is 0 Å². The first kappa shape index (κ1) is 35.2. The van der Waals surface area contributed by atoms with Crippen LogP contribution in [0.15, 0.2) is 122 Å². The second-order valence-corrected chi connectivity index (χ2v) is 11.9. The third kappa shape index (κ3) is 9.93. The van der Waals surface area contributed by atoms with Gasteiger partial charge in [-0.3, -0.25) is 19.2 Å². The third-order valence-electron chi connectivity index (χ3n) is 7.99. The van der Waals surface area contributed by atoms with Crippen molar-refractivity contribution < 1.29 is 28.3 Å². The zero-order chi connectivity index (χ0) is 35.3. The molecule has 4 N–H and O–H groups in total. The first-order chi connectivity index (χ1) is 24.3. The Kier molecular flexibility index (Phi) is 12.2. The van der Waals surface area contributed by atoms with Crippen molar-refractivity contribution in [1.82, 2.24) is 0 Å². The molecule has 0 fully saturated rings. The van der Waals surface area contributed by atoms with E-state index in [-0.39, 0.29) is 23.6 Å². The molecular formula is C40H42N6O4+2. The van der Waals surface area contributed by atoms with Crippen molar-refractivity contribution in [3.63, 3.8) is 0 Å². The van der Waals surface area contributed by atoms with Gasteiger partial charge < -0.3 is 21.3 Å². The van der Waals surface area contributed by atoms with Gasteiger partial charge in [-0.25, -0.2) is 9.13 Å². The number of rotatable bonds is 14. The first-order valence-corrected chi connectivity index (χ1v) is 16.8. The molecule has 0 radical (unpaired) electrons. The average Bonchev–Trinajstić information content (AvgIpc) is 3.14. The molecule has 4 amide bonds. The number of carbonyl (C=O) groups excluding carboxylic acids is 4. The summed E-state index contributed by atoms with van der Waals surface area (Å²) in [6, 6.07) is 27.1. The number of unbranched alkanes of at least 4 members (excludes halogenated alkanes) is 2. The van der Waals surface area contributed by atoms with E-state index in [0.717, 1.165) is 38.8 Å². The van der Waals surface area contributed by atoms with E-state index in [9.17, 15) is 19.2 Å². The molecule has 2 heterocycles. The Morgan fingerprint density at radius 2 is 0.740 bits per heavy atom. The summed E-state index contributed by atoms with van der Waals surface area (Å²) in [4.78, 5) is 51.3. The Balaban J connectivity index is 1.11. The van der Waals surface area contributed by atoms with Gasteiger partial charge in [-0.2, -0.15) is 0 Å². The quantitative estimate of drug-likeness (QED) is 0.0963. The average molecular weight is 671 g/mol. The maximum absolute atomic E-state index is 12.9. The number of amides is 4. The van der Waals surface area contributed by atoms with Crippen LogP contribution in [0.1, 0.15) is 81.0 Å². The Hall–Kier alpha value is -6.16. The van der Waals surface area contributed by atoms with Crippen molar-refractivity contribution in [1.29, 1.82) is 0 Å². The van der Waals surface area contributed by atoms with E-state index in [1.54, 1.807) is 72.8 Å². The fraction of sp³-hybridized carbons (Fsp3) is 0.200. The van der Waals surface area contributed by atoms with Gasteiger partial charge in [0, 0.05) is 58.6 Å². The van der Waals surface area contributed by atoms with Crippen LogP contribution in [0.25, 0.3) is 0 Å². The van der Waals surface area contributed by atoms with Crippen LogP contribution < -0.4 is 30.4 Å². The molecular weight excluding hydrogens is 628 g/mol. The lowest BCUT2D eigenvalue weighted by molar-refractivity contribution is -0.696. The number of aryl methyl sites for hydroxylation is 2. The number of carbonyl (C=O) groups is 4. The summed E-state index contributed by atoms with van der Waals surface area (Å²) >= 11 is 0. The Bertz CT molecular complexity index is 1800. The number of hydrogen-bond acceptors (Lipinski definition) is 4. The third-order valence-corrected chi connectivity index (χ3v) is 7.99. The topological polar surface area (TPSA) is 124 Å². The highest BCUT2D eigenvalue weighted by Crippen LogP contribution is 2.16. The van der Waals surface area contributed by atoms with Gasteiger partial charge >= 0.3 is 0 Å². The van der Waals surface area contributed by atoms with E-state index >= 15 is 0 Å². The summed E-state index contributed by atoms with van der Waals surface area (Å²) in [5.41, 5.74) is 4.14. The Labute approximate surface area is 292 Å². The fourth-order valence-corrected chi connectivity index (χ4v) is 5.15. The minimum atomic E-state index is -0.352. The number of nitrogens with zero attached hydrogens (tertiary/aromatic N) is 2. The summed E-state index contributed by atoms with van der Waals surface area (Å²) in [6.07, 6.45) is 12.1. The van der Waals surface area contributed by atoms with E-state index in [2.05, 4.69) is 35.1 Å². The van der Waals surface area contributed by atoms with Crippen molar-refractivity contribution in [3.05, 3.63) is 144 Å². The molecule has 254 valence electrons. The molecule has 0 aliphatic carbocycles. The number of nitrogens with one attached hydrogen (secondary N) is 4. The van der Waals surface area contributed by atoms with Gasteiger partial charge in [0.15, 0.2) is 24.8 Å². The standard InChI is InChI=1S/C40H40N6O4/c1-3-5-23-45-25-7-9-35(27-45)43-39(49)31-15-19-33(20-16-31)41-37(47)29-11-13-30(14-12-29)38(48)42-34-21-17-32(18-22-34)40(50)44-36-10-8-26-46(28-36)24-6-4-2/h7-22,25-28H,3-6,23-24H2,1-2H3,(H2-2,41,42,43,44,47,48,49,50)/p+2. The molecule has 0 aliphatic rings. The molecule has 5 rings (SSSR count). The summed E-state index contributed by atoms with van der Waals surface area (Å²) in [5, 5.41) is 11.5. The molecule has 5 aromatic rings. The number of aromatic nitrogens is 2. The van der Waals surface area contributed by atoms with E-state index in [4.69, 9.17) is 0 Å².